The van der Waals surface area contributed by atoms with Gasteiger partial charge in [0, 0.05) is 11.4 Å². The lowest BCUT2D eigenvalue weighted by Crippen LogP contribution is -2.22. The van der Waals surface area contributed by atoms with Gasteiger partial charge in [-0.3, -0.25) is 4.79 Å². The molecular weight excluding hydrogens is 270 g/mol. The molecule has 2 rings (SSSR count). The van der Waals surface area contributed by atoms with E-state index >= 15 is 0 Å². The fraction of sp³-hybridized carbons (Fsp3) is 0.375. The Hall–Kier alpha value is -2.30. The Morgan fingerprint density at radius 3 is 2.57 bits per heavy atom. The van der Waals surface area contributed by atoms with Gasteiger partial charge in [-0.05, 0) is 39.3 Å². The highest BCUT2D eigenvalue weighted by Crippen LogP contribution is 2.34. The number of Topliss-reactive ketones (excluding diaryl/α,β-unsaturated/α-hetero) is 1. The molecule has 0 aliphatic carbocycles. The zero-order valence-corrected chi connectivity index (χ0v) is 12.6. The number of esters is 1. The number of aromatic hydroxyl groups is 1. The van der Waals surface area contributed by atoms with Crippen molar-refractivity contribution in [2.45, 2.75) is 33.7 Å². The fourth-order valence-corrected chi connectivity index (χ4v) is 2.60. The summed E-state index contributed by atoms with van der Waals surface area (Å²) >= 11 is 0. The molecule has 1 heterocycles. The number of para-hydroxylation sites is 1. The molecule has 1 aromatic heterocycles. The largest absolute Gasteiger partial charge is 0.506 e. The van der Waals surface area contributed by atoms with E-state index in [1.165, 1.54) is 0 Å². The third kappa shape index (κ3) is 2.39. The number of fused-ring (bicyclic) bond motifs is 1. The van der Waals surface area contributed by atoms with Crippen LogP contribution in [0, 0.1) is 6.92 Å². The Bertz CT molecular complexity index is 713. The lowest BCUT2D eigenvalue weighted by Gasteiger charge is -2.14. The van der Waals surface area contributed by atoms with Crippen LogP contribution < -0.4 is 0 Å². The number of carbonyl (C=O) groups excluding carboxylic acids is 2. The number of rotatable bonds is 4. The van der Waals surface area contributed by atoms with Crippen molar-refractivity contribution in [2.75, 3.05) is 6.61 Å². The van der Waals surface area contributed by atoms with Gasteiger partial charge in [0.05, 0.1) is 12.1 Å². The Balaban J connectivity index is 2.77. The van der Waals surface area contributed by atoms with Gasteiger partial charge < -0.3 is 14.4 Å². The van der Waals surface area contributed by atoms with E-state index in [2.05, 4.69) is 0 Å². The lowest BCUT2D eigenvalue weighted by atomic mass is 10.1. The summed E-state index contributed by atoms with van der Waals surface area (Å²) in [5.41, 5.74) is 1.52. The summed E-state index contributed by atoms with van der Waals surface area (Å²) in [4.78, 5) is 24.2. The highest BCUT2D eigenvalue weighted by molar-refractivity contribution is 6.41. The minimum atomic E-state index is -0.871. The summed E-state index contributed by atoms with van der Waals surface area (Å²) in [5, 5.41) is 10.9. The zero-order valence-electron chi connectivity index (χ0n) is 12.6. The lowest BCUT2D eigenvalue weighted by molar-refractivity contribution is -0.137. The first-order valence-electron chi connectivity index (χ1n) is 6.94. The molecule has 21 heavy (non-hydrogen) atoms. The first-order valence-corrected chi connectivity index (χ1v) is 6.94. The van der Waals surface area contributed by atoms with Crippen LogP contribution in [0.4, 0.5) is 0 Å². The van der Waals surface area contributed by atoms with Crippen molar-refractivity contribution in [1.29, 1.82) is 0 Å². The normalized spacial score (nSPS) is 11.1. The molecule has 0 saturated heterocycles. The standard InChI is InChI=1S/C16H19NO4/c1-5-21-16(20)15(19)13-10(4)11-7-6-8-12(18)14(11)17(13)9(2)3/h6-9,18H,5H2,1-4H3. The van der Waals surface area contributed by atoms with Gasteiger partial charge in [0.25, 0.3) is 5.78 Å². The highest BCUT2D eigenvalue weighted by Gasteiger charge is 2.28. The van der Waals surface area contributed by atoms with Crippen molar-refractivity contribution in [3.05, 3.63) is 29.5 Å². The van der Waals surface area contributed by atoms with Gasteiger partial charge in [0.2, 0.25) is 0 Å². The maximum atomic E-state index is 12.4. The first kappa shape index (κ1) is 15.1. The monoisotopic (exact) mass is 289 g/mol. The second kappa shape index (κ2) is 5.60. The number of ether oxygens (including phenoxy) is 1. The van der Waals surface area contributed by atoms with Crippen LogP contribution in [-0.2, 0) is 9.53 Å². The average molecular weight is 289 g/mol. The molecule has 5 nitrogen and oxygen atoms in total. The van der Waals surface area contributed by atoms with Crippen molar-refractivity contribution >= 4 is 22.7 Å². The smallest absolute Gasteiger partial charge is 0.381 e. The summed E-state index contributed by atoms with van der Waals surface area (Å²) in [6, 6.07) is 5.03. The van der Waals surface area contributed by atoms with Crippen LogP contribution in [0.3, 0.4) is 0 Å². The van der Waals surface area contributed by atoms with Crippen molar-refractivity contribution < 1.29 is 19.4 Å². The van der Waals surface area contributed by atoms with E-state index < -0.39 is 11.8 Å². The SMILES string of the molecule is CCOC(=O)C(=O)c1c(C)c2cccc(O)c2n1C(C)C. The van der Waals surface area contributed by atoms with Gasteiger partial charge >= 0.3 is 5.97 Å². The number of ketones is 1. The molecule has 0 spiro atoms. The van der Waals surface area contributed by atoms with Crippen LogP contribution in [0.15, 0.2) is 18.2 Å². The third-order valence-corrected chi connectivity index (χ3v) is 3.45. The van der Waals surface area contributed by atoms with Crippen LogP contribution in [-0.4, -0.2) is 28.0 Å². The molecule has 0 unspecified atom stereocenters. The first-order chi connectivity index (χ1) is 9.90. The number of hydrogen-bond donors (Lipinski definition) is 1. The second-order valence-corrected chi connectivity index (χ2v) is 5.16. The molecule has 0 bridgehead atoms. The van der Waals surface area contributed by atoms with Crippen LogP contribution in [0.1, 0.15) is 42.9 Å². The molecule has 2 aromatic rings. The number of aryl methyl sites for hydroxylation is 1. The Morgan fingerprint density at radius 1 is 1.33 bits per heavy atom. The van der Waals surface area contributed by atoms with Crippen molar-refractivity contribution in [3.8, 4) is 5.75 Å². The molecule has 0 aliphatic rings. The van der Waals surface area contributed by atoms with E-state index in [0.29, 0.717) is 11.1 Å². The van der Waals surface area contributed by atoms with Crippen molar-refractivity contribution in [2.24, 2.45) is 0 Å². The van der Waals surface area contributed by atoms with Crippen LogP contribution in [0.2, 0.25) is 0 Å². The number of phenolic OH excluding ortho intramolecular Hbond substituents is 1. The summed E-state index contributed by atoms with van der Waals surface area (Å²) < 4.78 is 6.50. The molecule has 1 N–H and O–H groups in total. The van der Waals surface area contributed by atoms with E-state index in [4.69, 9.17) is 4.74 Å². The molecule has 0 fully saturated rings. The van der Waals surface area contributed by atoms with Gasteiger partial charge in [0.15, 0.2) is 0 Å². The van der Waals surface area contributed by atoms with Crippen molar-refractivity contribution in [1.82, 2.24) is 4.57 Å². The average Bonchev–Trinajstić information content (AvgIpc) is 2.73. The van der Waals surface area contributed by atoms with Gasteiger partial charge in [0.1, 0.15) is 11.4 Å². The molecule has 112 valence electrons. The molecule has 1 aromatic carbocycles. The van der Waals surface area contributed by atoms with Gasteiger partial charge in [-0.2, -0.15) is 0 Å². The number of carbonyl (C=O) groups is 2. The number of phenols is 1. The van der Waals surface area contributed by atoms with Gasteiger partial charge in [-0.1, -0.05) is 12.1 Å². The topological polar surface area (TPSA) is 68.5 Å². The van der Waals surface area contributed by atoms with E-state index in [1.807, 2.05) is 19.9 Å². The van der Waals surface area contributed by atoms with E-state index in [0.717, 1.165) is 5.39 Å². The summed E-state index contributed by atoms with van der Waals surface area (Å²) in [6.07, 6.45) is 0. The van der Waals surface area contributed by atoms with Gasteiger partial charge in [-0.25, -0.2) is 4.79 Å². The van der Waals surface area contributed by atoms with E-state index in [-0.39, 0.29) is 24.1 Å². The maximum absolute atomic E-state index is 12.4. The fourth-order valence-electron chi connectivity index (χ4n) is 2.60. The minimum Gasteiger partial charge on any atom is -0.506 e. The molecule has 5 heteroatoms. The minimum absolute atomic E-state index is 0.0807. The molecule has 0 aliphatic heterocycles. The van der Waals surface area contributed by atoms with Gasteiger partial charge in [-0.15, -0.1) is 0 Å². The Morgan fingerprint density at radius 2 is 2.00 bits per heavy atom. The molecule has 0 amide bonds. The number of nitrogens with zero attached hydrogens (tertiary/aromatic N) is 1. The number of hydrogen-bond acceptors (Lipinski definition) is 4. The summed E-state index contributed by atoms with van der Waals surface area (Å²) in [5.74, 6) is -1.46. The Labute approximate surface area is 123 Å². The third-order valence-electron chi connectivity index (χ3n) is 3.45. The second-order valence-electron chi connectivity index (χ2n) is 5.16. The van der Waals surface area contributed by atoms with E-state index in [9.17, 15) is 14.7 Å². The number of benzene rings is 1. The quantitative estimate of drug-likeness (QED) is 0.534. The van der Waals surface area contributed by atoms with Crippen LogP contribution in [0.25, 0.3) is 10.9 Å². The van der Waals surface area contributed by atoms with Crippen LogP contribution >= 0.6 is 0 Å². The van der Waals surface area contributed by atoms with E-state index in [1.54, 1.807) is 30.5 Å². The molecular formula is C16H19NO4. The summed E-state index contributed by atoms with van der Waals surface area (Å²) in [7, 11) is 0. The van der Waals surface area contributed by atoms with Crippen LogP contribution in [0.5, 0.6) is 5.75 Å². The number of aromatic nitrogens is 1. The zero-order chi connectivity index (χ0) is 15.7. The Kier molecular flexibility index (Phi) is 4.02. The predicted molar refractivity (Wildman–Crippen MR) is 79.7 cm³/mol. The molecule has 0 saturated carbocycles. The maximum Gasteiger partial charge on any atom is 0.381 e. The predicted octanol–water partition coefficient (Wildman–Crippen LogP) is 2.98. The molecule has 0 atom stereocenters. The summed E-state index contributed by atoms with van der Waals surface area (Å²) in [6.45, 7) is 7.37. The molecule has 0 radical (unpaired) electrons. The van der Waals surface area contributed by atoms with Crippen molar-refractivity contribution in [3.63, 3.8) is 0 Å². The highest BCUT2D eigenvalue weighted by atomic mass is 16.5.